The molecule has 0 bridgehead atoms. The fraction of sp³-hybridized carbons (Fsp3) is 0.500. The molecule has 0 radical (unpaired) electrons. The van der Waals surface area contributed by atoms with E-state index < -0.39 is 17.7 Å². The second kappa shape index (κ2) is 7.31. The van der Waals surface area contributed by atoms with Gasteiger partial charge >= 0.3 is 12.1 Å². The minimum Gasteiger partial charge on any atom is -0.464 e. The number of esters is 1. The number of thioether (sulfide) groups is 1. The van der Waals surface area contributed by atoms with E-state index in [9.17, 15) is 9.59 Å². The van der Waals surface area contributed by atoms with E-state index in [4.69, 9.17) is 9.47 Å². The summed E-state index contributed by atoms with van der Waals surface area (Å²) in [6, 6.07) is 3.52. The number of rotatable bonds is 4. The lowest BCUT2D eigenvalue weighted by molar-refractivity contribution is 0.0522. The molecule has 0 aliphatic carbocycles. The van der Waals surface area contributed by atoms with Crippen LogP contribution in [0.25, 0.3) is 0 Å². The Labute approximate surface area is 128 Å². The lowest BCUT2D eigenvalue weighted by Crippen LogP contribution is -2.32. The van der Waals surface area contributed by atoms with Crippen LogP contribution in [0, 0.1) is 0 Å². The van der Waals surface area contributed by atoms with Gasteiger partial charge in [0.25, 0.3) is 0 Å². The van der Waals surface area contributed by atoms with Crippen LogP contribution in [0.2, 0.25) is 0 Å². The predicted molar refractivity (Wildman–Crippen MR) is 80.4 cm³/mol. The molecule has 7 heteroatoms. The normalized spacial score (nSPS) is 10.9. The van der Waals surface area contributed by atoms with Crippen LogP contribution < -0.4 is 5.32 Å². The Hall–Kier alpha value is -1.76. The van der Waals surface area contributed by atoms with E-state index in [-0.39, 0.29) is 12.2 Å². The van der Waals surface area contributed by atoms with Crippen LogP contribution in [0.1, 0.15) is 37.0 Å². The van der Waals surface area contributed by atoms with Gasteiger partial charge in [0.15, 0.2) is 5.69 Å². The van der Waals surface area contributed by atoms with Crippen LogP contribution in [-0.4, -0.2) is 36.0 Å². The highest BCUT2D eigenvalue weighted by Gasteiger charge is 2.17. The molecule has 0 aliphatic rings. The fourth-order valence-electron chi connectivity index (χ4n) is 1.47. The summed E-state index contributed by atoms with van der Waals surface area (Å²) in [5, 5.41) is 2.59. The molecule has 1 N–H and O–H groups in total. The van der Waals surface area contributed by atoms with Crippen molar-refractivity contribution in [3.63, 3.8) is 0 Å². The Bertz CT molecular complexity index is 526. The van der Waals surface area contributed by atoms with Crippen molar-refractivity contribution >= 4 is 23.8 Å². The standard InChI is InChI=1S/C14H20N2O4S/c1-14(2,3)20-13(18)15-8-9-6-7-10(21-5)11(16-9)12(17)19-4/h6-7H,8H2,1-5H3,(H,15,18). The summed E-state index contributed by atoms with van der Waals surface area (Å²) in [4.78, 5) is 28.2. The lowest BCUT2D eigenvalue weighted by atomic mass is 10.2. The zero-order valence-corrected chi connectivity index (χ0v) is 13.7. The van der Waals surface area contributed by atoms with E-state index >= 15 is 0 Å². The molecule has 1 aromatic heterocycles. The largest absolute Gasteiger partial charge is 0.464 e. The van der Waals surface area contributed by atoms with Gasteiger partial charge in [0, 0.05) is 4.90 Å². The van der Waals surface area contributed by atoms with Gasteiger partial charge in [-0.3, -0.25) is 0 Å². The number of carbonyl (C=O) groups is 2. The summed E-state index contributed by atoms with van der Waals surface area (Å²) < 4.78 is 9.83. The molecular formula is C14H20N2O4S. The molecule has 21 heavy (non-hydrogen) atoms. The van der Waals surface area contributed by atoms with Crippen molar-refractivity contribution in [1.82, 2.24) is 10.3 Å². The summed E-state index contributed by atoms with van der Waals surface area (Å²) in [5.41, 5.74) is 0.241. The minimum absolute atomic E-state index is 0.174. The van der Waals surface area contributed by atoms with E-state index in [2.05, 4.69) is 10.3 Å². The van der Waals surface area contributed by atoms with Gasteiger partial charge in [-0.05, 0) is 39.2 Å². The quantitative estimate of drug-likeness (QED) is 0.680. The van der Waals surface area contributed by atoms with Crippen molar-refractivity contribution in [2.24, 2.45) is 0 Å². The van der Waals surface area contributed by atoms with Gasteiger partial charge in [0.1, 0.15) is 5.60 Å². The molecule has 6 nitrogen and oxygen atoms in total. The van der Waals surface area contributed by atoms with Gasteiger partial charge in [-0.25, -0.2) is 14.6 Å². The Kier molecular flexibility index (Phi) is 6.02. The van der Waals surface area contributed by atoms with Gasteiger partial charge in [0.05, 0.1) is 19.3 Å². The average Bonchev–Trinajstić information content (AvgIpc) is 2.42. The van der Waals surface area contributed by atoms with Crippen molar-refractivity contribution in [3.8, 4) is 0 Å². The maximum absolute atomic E-state index is 11.7. The molecule has 0 fully saturated rings. The predicted octanol–water partition coefficient (Wildman–Crippen LogP) is 2.61. The van der Waals surface area contributed by atoms with Crippen LogP contribution in [-0.2, 0) is 16.0 Å². The number of amides is 1. The van der Waals surface area contributed by atoms with Crippen LogP contribution >= 0.6 is 11.8 Å². The van der Waals surface area contributed by atoms with Crippen molar-refractivity contribution in [3.05, 3.63) is 23.5 Å². The van der Waals surface area contributed by atoms with Crippen LogP contribution in [0.3, 0.4) is 0 Å². The third-order valence-electron chi connectivity index (χ3n) is 2.33. The molecule has 0 saturated heterocycles. The number of methoxy groups -OCH3 is 1. The van der Waals surface area contributed by atoms with E-state index in [0.717, 1.165) is 4.90 Å². The highest BCUT2D eigenvalue weighted by Crippen LogP contribution is 2.20. The van der Waals surface area contributed by atoms with Gasteiger partial charge in [0.2, 0.25) is 0 Å². The van der Waals surface area contributed by atoms with E-state index in [1.54, 1.807) is 32.9 Å². The van der Waals surface area contributed by atoms with Crippen LogP contribution in [0.5, 0.6) is 0 Å². The summed E-state index contributed by atoms with van der Waals surface area (Å²) in [6.07, 6.45) is 1.32. The number of alkyl carbamates (subject to hydrolysis) is 1. The molecule has 1 rings (SSSR count). The van der Waals surface area contributed by atoms with Crippen LogP contribution in [0.4, 0.5) is 4.79 Å². The molecule has 0 aromatic carbocycles. The van der Waals surface area contributed by atoms with E-state index in [1.807, 2.05) is 6.26 Å². The first kappa shape index (κ1) is 17.3. The number of hydrogen-bond acceptors (Lipinski definition) is 6. The number of carbonyl (C=O) groups excluding carboxylic acids is 2. The number of hydrogen-bond donors (Lipinski definition) is 1. The van der Waals surface area contributed by atoms with Gasteiger partial charge in [-0.2, -0.15) is 0 Å². The smallest absolute Gasteiger partial charge is 0.407 e. The molecule has 0 aliphatic heterocycles. The Morgan fingerprint density at radius 3 is 2.52 bits per heavy atom. The number of nitrogens with one attached hydrogen (secondary N) is 1. The van der Waals surface area contributed by atoms with Crippen LogP contribution in [0.15, 0.2) is 17.0 Å². The van der Waals surface area contributed by atoms with Gasteiger partial charge in [-0.1, -0.05) is 0 Å². The molecule has 1 amide bonds. The zero-order chi connectivity index (χ0) is 16.0. The second-order valence-corrected chi connectivity index (χ2v) is 6.05. The maximum atomic E-state index is 11.7. The Morgan fingerprint density at radius 2 is 2.00 bits per heavy atom. The number of ether oxygens (including phenoxy) is 2. The highest BCUT2D eigenvalue weighted by atomic mass is 32.2. The topological polar surface area (TPSA) is 77.5 Å². The first-order valence-electron chi connectivity index (χ1n) is 6.36. The summed E-state index contributed by atoms with van der Waals surface area (Å²) in [7, 11) is 1.31. The molecule has 1 heterocycles. The Balaban J connectivity index is 2.77. The van der Waals surface area contributed by atoms with E-state index in [0.29, 0.717) is 5.69 Å². The maximum Gasteiger partial charge on any atom is 0.407 e. The monoisotopic (exact) mass is 312 g/mol. The zero-order valence-electron chi connectivity index (χ0n) is 12.9. The Morgan fingerprint density at radius 1 is 1.33 bits per heavy atom. The number of aromatic nitrogens is 1. The highest BCUT2D eigenvalue weighted by molar-refractivity contribution is 7.98. The van der Waals surface area contributed by atoms with Gasteiger partial charge in [-0.15, -0.1) is 11.8 Å². The molecule has 0 atom stereocenters. The lowest BCUT2D eigenvalue weighted by Gasteiger charge is -2.19. The molecular weight excluding hydrogens is 292 g/mol. The summed E-state index contributed by atoms with van der Waals surface area (Å²) in [5.74, 6) is -0.501. The minimum atomic E-state index is -0.558. The molecule has 0 unspecified atom stereocenters. The average molecular weight is 312 g/mol. The third kappa shape index (κ3) is 5.63. The molecule has 1 aromatic rings. The summed E-state index contributed by atoms with van der Waals surface area (Å²) >= 11 is 1.40. The van der Waals surface area contributed by atoms with Crippen molar-refractivity contribution in [2.45, 2.75) is 37.8 Å². The first-order valence-corrected chi connectivity index (χ1v) is 7.58. The molecule has 116 valence electrons. The third-order valence-corrected chi connectivity index (χ3v) is 3.10. The SMILES string of the molecule is COC(=O)c1nc(CNC(=O)OC(C)(C)C)ccc1SC. The molecule has 0 saturated carbocycles. The number of nitrogens with zero attached hydrogens (tertiary/aromatic N) is 1. The first-order chi connectivity index (χ1) is 9.76. The number of pyridine rings is 1. The van der Waals surface area contributed by atoms with Gasteiger partial charge < -0.3 is 14.8 Å². The molecule has 0 spiro atoms. The van der Waals surface area contributed by atoms with Crippen molar-refractivity contribution in [1.29, 1.82) is 0 Å². The summed E-state index contributed by atoms with van der Waals surface area (Å²) in [6.45, 7) is 5.53. The van der Waals surface area contributed by atoms with E-state index in [1.165, 1.54) is 18.9 Å². The van der Waals surface area contributed by atoms with Crippen molar-refractivity contribution in [2.75, 3.05) is 13.4 Å². The fourth-order valence-corrected chi connectivity index (χ4v) is 2.00. The second-order valence-electron chi connectivity index (χ2n) is 5.20. The van der Waals surface area contributed by atoms with Crippen molar-refractivity contribution < 1.29 is 19.1 Å².